The first kappa shape index (κ1) is 37.0. The van der Waals surface area contributed by atoms with Gasteiger partial charge in [0.15, 0.2) is 5.56 Å². The molecule has 5 rings (SSSR count). The Bertz CT molecular complexity index is 1920. The highest BCUT2D eigenvalue weighted by atomic mass is 16.5. The minimum absolute atomic E-state index is 0.0660. The van der Waals surface area contributed by atoms with Gasteiger partial charge >= 0.3 is 5.97 Å². The van der Waals surface area contributed by atoms with E-state index in [0.29, 0.717) is 22.7 Å². The number of nitriles is 1. The molecule has 0 saturated carbocycles. The summed E-state index contributed by atoms with van der Waals surface area (Å²) in [6, 6.07) is 29.1. The van der Waals surface area contributed by atoms with Crippen LogP contribution in [0, 0.1) is 11.3 Å². The first-order chi connectivity index (χ1) is 25.0. The molecule has 1 aromatic heterocycles. The normalized spacial score (nSPS) is 12.9. The summed E-state index contributed by atoms with van der Waals surface area (Å²) >= 11 is 0. The number of rotatable bonds is 18. The molecular weight excluding hydrogens is 635 g/mol. The maximum Gasteiger partial charge on any atom is 0.346 e. The summed E-state index contributed by atoms with van der Waals surface area (Å²) in [5.41, 5.74) is 2.92. The van der Waals surface area contributed by atoms with Gasteiger partial charge in [0.2, 0.25) is 0 Å². The summed E-state index contributed by atoms with van der Waals surface area (Å²) in [7, 11) is 0. The molecule has 0 radical (unpaired) electrons. The van der Waals surface area contributed by atoms with Crippen molar-refractivity contribution in [3.63, 3.8) is 0 Å². The fraction of sp³-hybridized carbons (Fsp3) is 0.372. The van der Waals surface area contributed by atoms with Crippen LogP contribution >= 0.6 is 0 Å². The third kappa shape index (κ3) is 8.90. The average molecular weight is 684 g/mol. The van der Waals surface area contributed by atoms with Crippen molar-refractivity contribution in [2.45, 2.75) is 85.0 Å². The molecule has 1 aliphatic rings. The predicted molar refractivity (Wildman–Crippen MR) is 207 cm³/mol. The number of carbonyl (C=O) groups excluding carboxylic acids is 1. The number of aromatic nitrogens is 2. The van der Waals surface area contributed by atoms with Crippen LogP contribution in [0.4, 0.5) is 11.4 Å². The van der Waals surface area contributed by atoms with Crippen molar-refractivity contribution in [2.24, 2.45) is 4.99 Å². The molecule has 264 valence electrons. The minimum atomic E-state index is -0.828. The highest BCUT2D eigenvalue weighted by Crippen LogP contribution is 2.39. The molecule has 0 unspecified atom stereocenters. The predicted octanol–water partition coefficient (Wildman–Crippen LogP) is 9.86. The Morgan fingerprint density at radius 2 is 1.39 bits per heavy atom. The first-order valence-corrected chi connectivity index (χ1v) is 18.6. The van der Waals surface area contributed by atoms with Crippen LogP contribution in [0.25, 0.3) is 22.5 Å². The molecule has 0 N–H and O–H groups in total. The van der Waals surface area contributed by atoms with Gasteiger partial charge in [-0.2, -0.15) is 10.2 Å². The lowest BCUT2D eigenvalue weighted by molar-refractivity contribution is 0.0523. The summed E-state index contributed by atoms with van der Waals surface area (Å²) in [6.07, 6.45) is 13.1. The second-order valence-electron chi connectivity index (χ2n) is 12.8. The summed E-state index contributed by atoms with van der Waals surface area (Å²) in [5.74, 6) is -0.146. The number of carbonyl (C=O) groups is 1. The first-order valence-electron chi connectivity index (χ1n) is 18.6. The van der Waals surface area contributed by atoms with E-state index in [4.69, 9.17) is 9.73 Å². The van der Waals surface area contributed by atoms with Crippen molar-refractivity contribution in [1.82, 2.24) is 9.55 Å². The van der Waals surface area contributed by atoms with Crippen molar-refractivity contribution in [3.8, 4) is 17.5 Å². The lowest BCUT2D eigenvalue weighted by Gasteiger charge is -2.23. The zero-order valence-corrected chi connectivity index (χ0v) is 30.2. The standard InChI is InChI=1S/C43H49N5O3/c1-4-7-8-9-10-11-12-13-14-21-30-47(5-2)35-28-26-34(27-29-35)45-41-37(32-22-17-15-18-23-32)36(31-44)39-38(43(50)51-6-3)42(49)46-40(48(39)41)33-24-19-16-20-25-33/h15-20,22-29H,4-14,21,30H2,1-3H3. The Kier molecular flexibility index (Phi) is 13.5. The van der Waals surface area contributed by atoms with E-state index < -0.39 is 11.5 Å². The monoisotopic (exact) mass is 683 g/mol. The van der Waals surface area contributed by atoms with Gasteiger partial charge in [0.05, 0.1) is 23.6 Å². The number of fused-ring (bicyclic) bond motifs is 1. The molecule has 4 aromatic rings. The second kappa shape index (κ2) is 18.6. The van der Waals surface area contributed by atoms with Gasteiger partial charge in [0.1, 0.15) is 17.7 Å². The molecule has 0 spiro atoms. The summed E-state index contributed by atoms with van der Waals surface area (Å²) in [6.45, 7) is 8.08. The van der Waals surface area contributed by atoms with Crippen LogP contribution in [0.2, 0.25) is 0 Å². The molecule has 0 saturated heterocycles. The fourth-order valence-corrected chi connectivity index (χ4v) is 6.69. The number of allylic oxidation sites excluding steroid dienone is 2. The summed E-state index contributed by atoms with van der Waals surface area (Å²) in [4.78, 5) is 38.8. The van der Waals surface area contributed by atoms with Gasteiger partial charge in [0.25, 0.3) is 5.56 Å². The van der Waals surface area contributed by atoms with Crippen LogP contribution in [-0.4, -0.2) is 41.1 Å². The molecule has 51 heavy (non-hydrogen) atoms. The second-order valence-corrected chi connectivity index (χ2v) is 12.8. The van der Waals surface area contributed by atoms with Crippen LogP contribution in [-0.2, 0) is 4.74 Å². The zero-order valence-electron chi connectivity index (χ0n) is 30.2. The number of hydrogen-bond acceptors (Lipinski definition) is 7. The maximum atomic E-state index is 13.6. The number of esters is 1. The average Bonchev–Trinajstić information content (AvgIpc) is 3.48. The number of hydrogen-bond donors (Lipinski definition) is 0. The van der Waals surface area contributed by atoms with Gasteiger partial charge < -0.3 is 9.64 Å². The van der Waals surface area contributed by atoms with Crippen molar-refractivity contribution in [3.05, 3.63) is 112 Å². The van der Waals surface area contributed by atoms with Crippen LogP contribution in [0.5, 0.6) is 0 Å². The van der Waals surface area contributed by atoms with E-state index in [1.54, 1.807) is 11.5 Å². The van der Waals surface area contributed by atoms with E-state index in [2.05, 4.69) is 41.9 Å². The molecular formula is C43H49N5O3. The van der Waals surface area contributed by atoms with Gasteiger partial charge in [-0.3, -0.25) is 9.36 Å². The molecule has 0 fully saturated rings. The topological polar surface area (TPSA) is 101 Å². The fourth-order valence-electron chi connectivity index (χ4n) is 6.69. The smallest absolute Gasteiger partial charge is 0.346 e. The summed E-state index contributed by atoms with van der Waals surface area (Å²) < 4.78 is 6.98. The minimum Gasteiger partial charge on any atom is -0.462 e. The molecule has 0 atom stereocenters. The van der Waals surface area contributed by atoms with Crippen LogP contribution in [0.15, 0.2) is 94.7 Å². The van der Waals surface area contributed by atoms with E-state index in [-0.39, 0.29) is 29.3 Å². The molecule has 0 amide bonds. The SMILES string of the molecule is CCCCCCCCCCCCN(CC)c1ccc(N=C2C(c3ccccc3)=C(C#N)c3c(C(=O)OCC)c(=O)nc(-c4ccccc4)n32)cc1. The number of nitrogens with zero attached hydrogens (tertiary/aromatic N) is 5. The Morgan fingerprint density at radius 3 is 1.96 bits per heavy atom. The van der Waals surface area contributed by atoms with Crippen LogP contribution in [0.1, 0.15) is 107 Å². The van der Waals surface area contributed by atoms with Gasteiger partial charge in [-0.05, 0) is 50.1 Å². The number of aliphatic imine (C=N–C) groups is 1. The molecule has 3 aromatic carbocycles. The number of ether oxygens (including phenoxy) is 1. The number of unbranched alkanes of at least 4 members (excludes halogenated alkanes) is 9. The van der Waals surface area contributed by atoms with Crippen LogP contribution < -0.4 is 10.5 Å². The van der Waals surface area contributed by atoms with Gasteiger partial charge in [-0.15, -0.1) is 0 Å². The molecule has 2 heterocycles. The van der Waals surface area contributed by atoms with E-state index >= 15 is 0 Å². The van der Waals surface area contributed by atoms with E-state index in [1.165, 1.54) is 57.8 Å². The van der Waals surface area contributed by atoms with Gasteiger partial charge in [0, 0.05) is 29.9 Å². The Labute approximate surface area is 302 Å². The molecule has 8 nitrogen and oxygen atoms in total. The molecule has 8 heteroatoms. The third-order valence-electron chi connectivity index (χ3n) is 9.31. The van der Waals surface area contributed by atoms with Crippen molar-refractivity contribution >= 4 is 34.3 Å². The van der Waals surface area contributed by atoms with E-state index in [0.717, 1.165) is 30.8 Å². The molecule has 1 aliphatic heterocycles. The van der Waals surface area contributed by atoms with E-state index in [9.17, 15) is 14.9 Å². The van der Waals surface area contributed by atoms with E-state index in [1.807, 2.05) is 72.8 Å². The molecule has 0 bridgehead atoms. The lowest BCUT2D eigenvalue weighted by atomic mass is 9.99. The highest BCUT2D eigenvalue weighted by Gasteiger charge is 2.37. The van der Waals surface area contributed by atoms with Gasteiger partial charge in [-0.25, -0.2) is 9.79 Å². The number of anilines is 1. The van der Waals surface area contributed by atoms with Gasteiger partial charge in [-0.1, -0.05) is 125 Å². The number of benzene rings is 3. The Morgan fingerprint density at radius 1 is 0.804 bits per heavy atom. The van der Waals surface area contributed by atoms with Crippen LogP contribution in [0.3, 0.4) is 0 Å². The zero-order chi connectivity index (χ0) is 36.0. The van der Waals surface area contributed by atoms with Crippen molar-refractivity contribution in [1.29, 1.82) is 5.26 Å². The highest BCUT2D eigenvalue weighted by molar-refractivity contribution is 6.37. The quantitative estimate of drug-likeness (QED) is 0.0765. The Balaban J connectivity index is 1.49. The largest absolute Gasteiger partial charge is 0.462 e. The third-order valence-corrected chi connectivity index (χ3v) is 9.31. The molecule has 0 aliphatic carbocycles. The van der Waals surface area contributed by atoms with Crippen molar-refractivity contribution < 1.29 is 9.53 Å². The Hall–Kier alpha value is -5.29. The summed E-state index contributed by atoms with van der Waals surface area (Å²) in [5, 5.41) is 10.7. The van der Waals surface area contributed by atoms with Crippen molar-refractivity contribution in [2.75, 3.05) is 24.6 Å². The lowest BCUT2D eigenvalue weighted by Crippen LogP contribution is -2.28. The maximum absolute atomic E-state index is 13.6.